The number of rotatable bonds is 6. The number of aliphatic imine (C=N–C) groups is 1. The van der Waals surface area contributed by atoms with E-state index in [0.717, 1.165) is 37.0 Å². The Morgan fingerprint density at radius 1 is 1.03 bits per heavy atom. The lowest BCUT2D eigenvalue weighted by Crippen LogP contribution is -2.37. The number of carbonyl (C=O) groups excluding carboxylic acids is 2. The number of nitrogens with zero attached hydrogens (tertiary/aromatic N) is 4. The molecule has 1 amide bonds. The molecule has 3 heterocycles. The van der Waals surface area contributed by atoms with Crippen molar-refractivity contribution in [1.82, 2.24) is 20.5 Å². The van der Waals surface area contributed by atoms with Crippen LogP contribution in [0.25, 0.3) is 11.5 Å². The Morgan fingerprint density at radius 3 is 2.67 bits per heavy atom. The fourth-order valence-corrected chi connectivity index (χ4v) is 4.46. The van der Waals surface area contributed by atoms with E-state index in [1.54, 1.807) is 18.3 Å². The number of ketones is 1. The SMILES string of the molecule is O=C(CCC1=Nc2ncccc2C(=O)C1)NC1CCC(c2nnc(-c3ccccc3)o2)CC1. The van der Waals surface area contributed by atoms with Crippen LogP contribution >= 0.6 is 0 Å². The van der Waals surface area contributed by atoms with Gasteiger partial charge in [0.2, 0.25) is 17.7 Å². The second-order valence-corrected chi connectivity index (χ2v) is 8.58. The first-order valence-corrected chi connectivity index (χ1v) is 11.4. The third-order valence-corrected chi connectivity index (χ3v) is 6.26. The molecule has 1 fully saturated rings. The summed E-state index contributed by atoms with van der Waals surface area (Å²) in [4.78, 5) is 33.4. The van der Waals surface area contributed by atoms with E-state index in [4.69, 9.17) is 4.42 Å². The number of hydrogen-bond donors (Lipinski definition) is 1. The molecular formula is C25H25N5O3. The van der Waals surface area contributed by atoms with E-state index < -0.39 is 0 Å². The number of Topliss-reactive ketones (excluding diaryl/α,β-unsaturated/α-hetero) is 1. The number of fused-ring (bicyclic) bond motifs is 1. The monoisotopic (exact) mass is 443 g/mol. The number of hydrogen-bond acceptors (Lipinski definition) is 7. The number of aromatic nitrogens is 3. The normalized spacial score (nSPS) is 20.1. The highest BCUT2D eigenvalue weighted by atomic mass is 16.4. The highest BCUT2D eigenvalue weighted by molar-refractivity contribution is 6.15. The Balaban J connectivity index is 1.09. The lowest BCUT2D eigenvalue weighted by Gasteiger charge is -2.27. The molecule has 0 spiro atoms. The van der Waals surface area contributed by atoms with Gasteiger partial charge in [-0.15, -0.1) is 10.2 Å². The minimum Gasteiger partial charge on any atom is -0.420 e. The topological polar surface area (TPSA) is 110 Å². The van der Waals surface area contributed by atoms with E-state index in [1.165, 1.54) is 0 Å². The van der Waals surface area contributed by atoms with Gasteiger partial charge in [-0.3, -0.25) is 9.59 Å². The first kappa shape index (κ1) is 21.2. The van der Waals surface area contributed by atoms with E-state index in [9.17, 15) is 9.59 Å². The van der Waals surface area contributed by atoms with E-state index >= 15 is 0 Å². The molecule has 1 aliphatic carbocycles. The van der Waals surface area contributed by atoms with Crippen LogP contribution in [-0.2, 0) is 4.79 Å². The van der Waals surface area contributed by atoms with Gasteiger partial charge in [-0.2, -0.15) is 0 Å². The zero-order chi connectivity index (χ0) is 22.6. The van der Waals surface area contributed by atoms with Gasteiger partial charge in [-0.05, 0) is 56.4 Å². The summed E-state index contributed by atoms with van der Waals surface area (Å²) in [6.45, 7) is 0. The molecule has 0 atom stereocenters. The van der Waals surface area contributed by atoms with Crippen molar-refractivity contribution in [3.05, 3.63) is 60.1 Å². The number of amides is 1. The summed E-state index contributed by atoms with van der Waals surface area (Å²) in [6, 6.07) is 13.4. The Labute approximate surface area is 191 Å². The predicted octanol–water partition coefficient (Wildman–Crippen LogP) is 4.41. The largest absolute Gasteiger partial charge is 0.420 e. The molecule has 2 aliphatic rings. The molecule has 1 saturated carbocycles. The number of benzene rings is 1. The van der Waals surface area contributed by atoms with Gasteiger partial charge < -0.3 is 9.73 Å². The molecule has 0 unspecified atom stereocenters. The fraction of sp³-hybridized carbons (Fsp3) is 0.360. The van der Waals surface area contributed by atoms with Crippen molar-refractivity contribution >= 4 is 23.2 Å². The molecule has 2 aromatic heterocycles. The Bertz CT molecular complexity index is 1180. The molecule has 3 aromatic rings. The summed E-state index contributed by atoms with van der Waals surface area (Å²) in [5.74, 6) is 1.90. The molecule has 5 rings (SSSR count). The summed E-state index contributed by atoms with van der Waals surface area (Å²) >= 11 is 0. The first-order chi connectivity index (χ1) is 16.2. The van der Waals surface area contributed by atoms with E-state index in [1.807, 2.05) is 30.3 Å². The van der Waals surface area contributed by atoms with Crippen molar-refractivity contribution in [2.45, 2.75) is 56.9 Å². The van der Waals surface area contributed by atoms with Gasteiger partial charge in [0.05, 0.1) is 5.56 Å². The molecular weight excluding hydrogens is 418 g/mol. The molecule has 1 aliphatic heterocycles. The van der Waals surface area contributed by atoms with Crippen molar-refractivity contribution in [3.63, 3.8) is 0 Å². The van der Waals surface area contributed by atoms with Crippen LogP contribution in [-0.4, -0.2) is 38.6 Å². The highest BCUT2D eigenvalue weighted by Gasteiger charge is 2.27. The minimum absolute atomic E-state index is 0.00966. The van der Waals surface area contributed by atoms with E-state index in [2.05, 4.69) is 25.5 Å². The summed E-state index contributed by atoms with van der Waals surface area (Å²) < 4.78 is 5.91. The summed E-state index contributed by atoms with van der Waals surface area (Å²) in [6.07, 6.45) is 6.19. The third-order valence-electron chi connectivity index (χ3n) is 6.26. The fourth-order valence-electron chi connectivity index (χ4n) is 4.46. The van der Waals surface area contributed by atoms with Crippen LogP contribution in [0.5, 0.6) is 0 Å². The molecule has 0 radical (unpaired) electrons. The van der Waals surface area contributed by atoms with Gasteiger partial charge in [-0.25, -0.2) is 9.98 Å². The van der Waals surface area contributed by atoms with Crippen LogP contribution in [0.3, 0.4) is 0 Å². The Kier molecular flexibility index (Phi) is 6.06. The predicted molar refractivity (Wildman–Crippen MR) is 122 cm³/mol. The maximum absolute atomic E-state index is 12.5. The van der Waals surface area contributed by atoms with E-state index in [-0.39, 0.29) is 30.1 Å². The van der Waals surface area contributed by atoms with Gasteiger partial charge in [0.25, 0.3) is 0 Å². The van der Waals surface area contributed by atoms with Gasteiger partial charge in [-0.1, -0.05) is 18.2 Å². The van der Waals surface area contributed by atoms with Crippen LogP contribution in [0.2, 0.25) is 0 Å². The highest BCUT2D eigenvalue weighted by Crippen LogP contribution is 2.33. The van der Waals surface area contributed by atoms with Gasteiger partial charge in [0.15, 0.2) is 11.6 Å². The van der Waals surface area contributed by atoms with Crippen molar-refractivity contribution in [3.8, 4) is 11.5 Å². The zero-order valence-electron chi connectivity index (χ0n) is 18.2. The maximum Gasteiger partial charge on any atom is 0.247 e. The lowest BCUT2D eigenvalue weighted by molar-refractivity contribution is -0.121. The molecule has 8 heteroatoms. The Hall–Kier alpha value is -3.68. The van der Waals surface area contributed by atoms with Crippen molar-refractivity contribution < 1.29 is 14.0 Å². The van der Waals surface area contributed by atoms with Crippen LogP contribution in [0.4, 0.5) is 5.82 Å². The zero-order valence-corrected chi connectivity index (χ0v) is 18.2. The first-order valence-electron chi connectivity index (χ1n) is 11.4. The van der Waals surface area contributed by atoms with Crippen LogP contribution in [0.1, 0.15) is 67.1 Å². The third kappa shape index (κ3) is 4.89. The number of pyridine rings is 1. The molecule has 168 valence electrons. The van der Waals surface area contributed by atoms with Gasteiger partial charge in [0.1, 0.15) is 0 Å². The van der Waals surface area contributed by atoms with Crippen molar-refractivity contribution in [2.24, 2.45) is 4.99 Å². The lowest BCUT2D eigenvalue weighted by atomic mass is 9.86. The average Bonchev–Trinajstić information content (AvgIpc) is 3.34. The second kappa shape index (κ2) is 9.44. The smallest absolute Gasteiger partial charge is 0.247 e. The van der Waals surface area contributed by atoms with Crippen LogP contribution < -0.4 is 5.32 Å². The van der Waals surface area contributed by atoms with Crippen LogP contribution in [0.15, 0.2) is 58.1 Å². The summed E-state index contributed by atoms with van der Waals surface area (Å²) in [5, 5.41) is 11.6. The molecule has 8 nitrogen and oxygen atoms in total. The minimum atomic E-state index is -0.00966. The average molecular weight is 444 g/mol. The van der Waals surface area contributed by atoms with Crippen molar-refractivity contribution in [2.75, 3.05) is 0 Å². The van der Waals surface area contributed by atoms with E-state index in [0.29, 0.717) is 36.0 Å². The van der Waals surface area contributed by atoms with Crippen molar-refractivity contribution in [1.29, 1.82) is 0 Å². The number of nitrogens with one attached hydrogen (secondary N) is 1. The molecule has 0 saturated heterocycles. The molecule has 0 bridgehead atoms. The molecule has 1 N–H and O–H groups in total. The Morgan fingerprint density at radius 2 is 1.85 bits per heavy atom. The summed E-state index contributed by atoms with van der Waals surface area (Å²) in [7, 11) is 0. The maximum atomic E-state index is 12.5. The standard InChI is InChI=1S/C25H25N5O3/c31-21-15-19(28-23-20(21)7-4-14-26-23)12-13-22(32)27-18-10-8-17(9-11-18)25-30-29-24(33-25)16-5-2-1-3-6-16/h1-7,14,17-18H,8-13,15H2,(H,27,32). The van der Waals surface area contributed by atoms with Crippen LogP contribution in [0, 0.1) is 0 Å². The van der Waals surface area contributed by atoms with Gasteiger partial charge >= 0.3 is 0 Å². The number of carbonyl (C=O) groups is 2. The van der Waals surface area contributed by atoms with Gasteiger partial charge in [0, 0.05) is 42.3 Å². The molecule has 1 aromatic carbocycles. The second-order valence-electron chi connectivity index (χ2n) is 8.58. The quantitative estimate of drug-likeness (QED) is 0.604. The summed E-state index contributed by atoms with van der Waals surface area (Å²) in [5.41, 5.74) is 2.19. The molecule has 33 heavy (non-hydrogen) atoms.